The predicted molar refractivity (Wildman–Crippen MR) is 140 cm³/mol. The third kappa shape index (κ3) is 9.94. The van der Waals surface area contributed by atoms with Crippen molar-refractivity contribution in [2.75, 3.05) is 10.6 Å². The summed E-state index contributed by atoms with van der Waals surface area (Å²) in [6.07, 6.45) is 7.68. The third-order valence-corrected chi connectivity index (χ3v) is 5.24. The zero-order valence-corrected chi connectivity index (χ0v) is 22.0. The molecule has 0 aliphatic carbocycles. The molecule has 0 spiro atoms. The molecule has 2 heterocycles. The first-order chi connectivity index (χ1) is 16.2. The van der Waals surface area contributed by atoms with E-state index < -0.39 is 16.9 Å². The summed E-state index contributed by atoms with van der Waals surface area (Å²) in [7, 11) is 0. The Morgan fingerprint density at radius 3 is 2.26 bits per heavy atom. The lowest BCUT2D eigenvalue weighted by Gasteiger charge is -2.19. The van der Waals surface area contributed by atoms with E-state index in [9.17, 15) is 14.7 Å². The first-order valence-electron chi connectivity index (χ1n) is 12.0. The molecule has 8 heteroatoms. The molecule has 0 radical (unpaired) electrons. The maximum atomic E-state index is 12.5. The maximum Gasteiger partial charge on any atom is 0.232 e. The molecular weight excluding hydrogens is 442 g/mol. The number of amides is 2. The molecule has 3 N–H and O–H groups in total. The second-order valence-corrected chi connectivity index (χ2v) is 10.9. The third-order valence-electron chi connectivity index (χ3n) is 5.24. The quantitative estimate of drug-likeness (QED) is 0.437. The molecule has 0 saturated carbocycles. The molecule has 1 atom stereocenters. The van der Waals surface area contributed by atoms with Crippen molar-refractivity contribution >= 4 is 29.7 Å². The van der Waals surface area contributed by atoms with E-state index in [1.807, 2.05) is 66.7 Å². The fraction of sp³-hybridized carbons (Fsp3) is 0.519. The summed E-state index contributed by atoms with van der Waals surface area (Å²) in [5.41, 5.74) is 1.43. The van der Waals surface area contributed by atoms with Crippen LogP contribution >= 0.6 is 0 Å². The standard InChI is InChI=1S/C27H39N5O3/c1-18-12-13-19(17-28-18)14-15-21(33)11-9-8-10-20-16-22(30-23(34)26(2,3)4)31-25(29-20)32-24(35)27(5,6)7/h12-17,21,33H,8-11H2,1-7H3,(H2,29,30,31,32,34,35). The van der Waals surface area contributed by atoms with Crippen LogP contribution in [0.15, 0.2) is 30.5 Å². The molecule has 35 heavy (non-hydrogen) atoms. The molecule has 2 aromatic rings. The van der Waals surface area contributed by atoms with E-state index in [2.05, 4.69) is 25.6 Å². The molecular formula is C27H39N5O3. The number of nitrogens with zero attached hydrogens (tertiary/aromatic N) is 3. The fourth-order valence-corrected chi connectivity index (χ4v) is 2.89. The monoisotopic (exact) mass is 481 g/mol. The van der Waals surface area contributed by atoms with E-state index in [0.717, 1.165) is 24.1 Å². The predicted octanol–water partition coefficient (Wildman–Crippen LogP) is 4.94. The van der Waals surface area contributed by atoms with Gasteiger partial charge in [0, 0.05) is 34.5 Å². The number of hydrogen-bond acceptors (Lipinski definition) is 6. The molecule has 0 aromatic carbocycles. The fourth-order valence-electron chi connectivity index (χ4n) is 2.89. The lowest BCUT2D eigenvalue weighted by molar-refractivity contribution is -0.123. The van der Waals surface area contributed by atoms with E-state index >= 15 is 0 Å². The number of rotatable bonds is 9. The van der Waals surface area contributed by atoms with Crippen molar-refractivity contribution in [1.29, 1.82) is 0 Å². The topological polar surface area (TPSA) is 117 Å². The van der Waals surface area contributed by atoms with Gasteiger partial charge in [0.2, 0.25) is 17.8 Å². The highest BCUT2D eigenvalue weighted by atomic mass is 16.3. The number of unbranched alkanes of at least 4 members (excludes halogenated alkanes) is 1. The van der Waals surface area contributed by atoms with Gasteiger partial charge in [0.25, 0.3) is 0 Å². The zero-order valence-electron chi connectivity index (χ0n) is 22.0. The summed E-state index contributed by atoms with van der Waals surface area (Å²) in [6.45, 7) is 12.8. The number of carbonyl (C=O) groups excluding carboxylic acids is 2. The Bertz CT molecular complexity index is 988. The van der Waals surface area contributed by atoms with Crippen molar-refractivity contribution < 1.29 is 14.7 Å². The summed E-state index contributed by atoms with van der Waals surface area (Å²) in [5, 5.41) is 15.8. The first-order valence-corrected chi connectivity index (χ1v) is 12.0. The van der Waals surface area contributed by atoms with Gasteiger partial charge in [-0.1, -0.05) is 66.2 Å². The van der Waals surface area contributed by atoms with Crippen LogP contribution < -0.4 is 10.6 Å². The van der Waals surface area contributed by atoms with Gasteiger partial charge >= 0.3 is 0 Å². The van der Waals surface area contributed by atoms with Gasteiger partial charge in [0.1, 0.15) is 5.82 Å². The molecule has 0 aliphatic heterocycles. The summed E-state index contributed by atoms with van der Waals surface area (Å²) in [4.78, 5) is 37.9. The Balaban J connectivity index is 2.01. The lowest BCUT2D eigenvalue weighted by Crippen LogP contribution is -2.30. The number of hydrogen-bond donors (Lipinski definition) is 3. The van der Waals surface area contributed by atoms with E-state index in [4.69, 9.17) is 0 Å². The van der Waals surface area contributed by atoms with Gasteiger partial charge in [-0.05, 0) is 37.8 Å². The minimum Gasteiger partial charge on any atom is -0.389 e. The normalized spacial score (nSPS) is 13.0. The average Bonchev–Trinajstić information content (AvgIpc) is 2.75. The van der Waals surface area contributed by atoms with E-state index in [0.29, 0.717) is 24.4 Å². The van der Waals surface area contributed by atoms with Crippen molar-refractivity contribution in [3.63, 3.8) is 0 Å². The van der Waals surface area contributed by atoms with Crippen LogP contribution in [0.5, 0.6) is 0 Å². The molecule has 0 fully saturated rings. The molecule has 0 bridgehead atoms. The summed E-state index contributed by atoms with van der Waals surface area (Å²) < 4.78 is 0. The van der Waals surface area contributed by atoms with Crippen LogP contribution in [0.2, 0.25) is 0 Å². The van der Waals surface area contributed by atoms with Crippen LogP contribution in [-0.4, -0.2) is 38.0 Å². The Kier molecular flexibility index (Phi) is 9.65. The smallest absolute Gasteiger partial charge is 0.232 e. The van der Waals surface area contributed by atoms with Crippen LogP contribution in [0.25, 0.3) is 6.08 Å². The number of carbonyl (C=O) groups is 2. The van der Waals surface area contributed by atoms with Gasteiger partial charge in [-0.25, -0.2) is 4.98 Å². The van der Waals surface area contributed by atoms with Gasteiger partial charge in [0.05, 0.1) is 6.10 Å². The van der Waals surface area contributed by atoms with Gasteiger partial charge in [0.15, 0.2) is 0 Å². The lowest BCUT2D eigenvalue weighted by atomic mass is 9.96. The summed E-state index contributed by atoms with van der Waals surface area (Å²) in [5.74, 6) is 0.144. The van der Waals surface area contributed by atoms with Crippen LogP contribution in [0.3, 0.4) is 0 Å². The van der Waals surface area contributed by atoms with Crippen LogP contribution in [-0.2, 0) is 16.0 Å². The number of aryl methyl sites for hydroxylation is 2. The average molecular weight is 482 g/mol. The van der Waals surface area contributed by atoms with Gasteiger partial charge in [-0.15, -0.1) is 0 Å². The zero-order chi connectivity index (χ0) is 26.2. The highest BCUT2D eigenvalue weighted by Gasteiger charge is 2.24. The van der Waals surface area contributed by atoms with E-state index in [1.54, 1.807) is 18.3 Å². The molecule has 2 amide bonds. The minimum atomic E-state index is -0.605. The van der Waals surface area contributed by atoms with Crippen molar-refractivity contribution in [3.05, 3.63) is 47.4 Å². The van der Waals surface area contributed by atoms with Crippen molar-refractivity contribution in [2.24, 2.45) is 10.8 Å². The van der Waals surface area contributed by atoms with Crippen LogP contribution in [0.4, 0.5) is 11.8 Å². The number of anilines is 2. The number of aliphatic hydroxyl groups is 1. The van der Waals surface area contributed by atoms with Crippen molar-refractivity contribution in [3.8, 4) is 0 Å². The Morgan fingerprint density at radius 2 is 1.66 bits per heavy atom. The molecule has 8 nitrogen and oxygen atoms in total. The second-order valence-electron chi connectivity index (χ2n) is 10.9. The van der Waals surface area contributed by atoms with E-state index in [-0.39, 0.29) is 17.8 Å². The van der Waals surface area contributed by atoms with Gasteiger partial charge < -0.3 is 10.4 Å². The number of pyridine rings is 1. The maximum absolute atomic E-state index is 12.5. The number of aliphatic hydroxyl groups excluding tert-OH is 1. The summed E-state index contributed by atoms with van der Waals surface area (Å²) >= 11 is 0. The highest BCUT2D eigenvalue weighted by Crippen LogP contribution is 2.21. The summed E-state index contributed by atoms with van der Waals surface area (Å²) in [6, 6.07) is 5.63. The van der Waals surface area contributed by atoms with E-state index in [1.165, 1.54) is 0 Å². The Hall–Kier alpha value is -3.13. The second kappa shape index (κ2) is 12.0. The molecule has 2 rings (SSSR count). The van der Waals surface area contributed by atoms with Crippen LogP contribution in [0.1, 0.15) is 77.8 Å². The first kappa shape index (κ1) is 28.1. The van der Waals surface area contributed by atoms with Crippen molar-refractivity contribution in [1.82, 2.24) is 15.0 Å². The Morgan fingerprint density at radius 1 is 1.00 bits per heavy atom. The van der Waals surface area contributed by atoms with Crippen molar-refractivity contribution in [2.45, 2.75) is 80.3 Å². The molecule has 0 saturated heterocycles. The SMILES string of the molecule is Cc1ccc(C=CC(O)CCCCc2cc(NC(=O)C(C)(C)C)nc(NC(=O)C(C)(C)C)n2)cn1. The largest absolute Gasteiger partial charge is 0.389 e. The highest BCUT2D eigenvalue weighted by molar-refractivity contribution is 5.95. The molecule has 0 aliphatic rings. The number of nitrogens with one attached hydrogen (secondary N) is 2. The minimum absolute atomic E-state index is 0.168. The molecule has 1 unspecified atom stereocenters. The Labute approximate surface area is 208 Å². The van der Waals surface area contributed by atoms with Gasteiger partial charge in [-0.2, -0.15) is 4.98 Å². The van der Waals surface area contributed by atoms with Gasteiger partial charge in [-0.3, -0.25) is 19.9 Å². The van der Waals surface area contributed by atoms with Crippen LogP contribution in [0, 0.1) is 17.8 Å². The molecule has 2 aromatic heterocycles. The number of aromatic nitrogens is 3. The molecule has 190 valence electrons.